The summed E-state index contributed by atoms with van der Waals surface area (Å²) in [7, 11) is 3.20. The van der Waals surface area contributed by atoms with Gasteiger partial charge in [-0.1, -0.05) is 39.6 Å². The zero-order chi connectivity index (χ0) is 18.7. The smallest absolute Gasteiger partial charge is 0.270 e. The fraction of sp³-hybridized carbons (Fsp3) is 0.667. The van der Waals surface area contributed by atoms with E-state index >= 15 is 0 Å². The number of hydrogen-bond donors (Lipinski definition) is 0. The van der Waals surface area contributed by atoms with Gasteiger partial charge in [0.2, 0.25) is 11.9 Å². The summed E-state index contributed by atoms with van der Waals surface area (Å²) in [6, 6.07) is -0.889. The summed E-state index contributed by atoms with van der Waals surface area (Å²) in [6.07, 6.45) is 3.06. The summed E-state index contributed by atoms with van der Waals surface area (Å²) in [6.45, 7) is 11.7. The van der Waals surface area contributed by atoms with E-state index in [0.29, 0.717) is 11.8 Å². The van der Waals surface area contributed by atoms with Gasteiger partial charge in [0.05, 0.1) is 6.54 Å². The van der Waals surface area contributed by atoms with E-state index in [-0.39, 0.29) is 17.4 Å². The second kappa shape index (κ2) is 5.68. The number of aliphatic imine (C=N–C) groups is 1. The molecule has 1 unspecified atom stereocenters. The minimum Gasteiger partial charge on any atom is -0.270 e. The van der Waals surface area contributed by atoms with Crippen molar-refractivity contribution in [3.63, 3.8) is 0 Å². The number of fused-ring (bicyclic) bond motifs is 3. The Kier molecular flexibility index (Phi) is 4.00. The summed E-state index contributed by atoms with van der Waals surface area (Å²) in [4.78, 5) is 32.3. The molecule has 1 aromatic heterocycles. The summed E-state index contributed by atoms with van der Waals surface area (Å²) >= 11 is 0. The van der Waals surface area contributed by atoms with Gasteiger partial charge >= 0.3 is 12.0 Å². The maximum absolute atomic E-state index is 12.7. The van der Waals surface area contributed by atoms with Crippen LogP contribution in [0.25, 0.3) is 0 Å². The highest BCUT2D eigenvalue weighted by molar-refractivity contribution is 6.18. The van der Waals surface area contributed by atoms with Crippen LogP contribution >= 0.6 is 0 Å². The van der Waals surface area contributed by atoms with Crippen molar-refractivity contribution in [1.82, 2.24) is 14.4 Å². The van der Waals surface area contributed by atoms with Crippen LogP contribution in [0.5, 0.6) is 0 Å². The van der Waals surface area contributed by atoms with E-state index in [1.807, 2.05) is 10.8 Å². The van der Waals surface area contributed by atoms with Crippen LogP contribution in [0.3, 0.4) is 0 Å². The number of aromatic nitrogens is 2. The van der Waals surface area contributed by atoms with Gasteiger partial charge in [0, 0.05) is 19.5 Å². The van der Waals surface area contributed by atoms with Crippen LogP contribution < -0.4 is 4.57 Å². The molecule has 7 heteroatoms. The lowest BCUT2D eigenvalue weighted by molar-refractivity contribution is -0.677. The van der Waals surface area contributed by atoms with Gasteiger partial charge in [-0.05, 0) is 12.3 Å². The molecule has 0 bridgehead atoms. The van der Waals surface area contributed by atoms with Gasteiger partial charge in [-0.2, -0.15) is 0 Å². The number of hydrogen-bond acceptors (Lipinski definition) is 3. The molecule has 136 valence electrons. The van der Waals surface area contributed by atoms with Gasteiger partial charge in [-0.15, -0.1) is 0 Å². The number of likely N-dealkylation sites (N-methyl/N-ethyl adjacent to an activating group) is 2. The first-order valence-electron chi connectivity index (χ1n) is 8.83. The molecule has 2 aliphatic heterocycles. The van der Waals surface area contributed by atoms with E-state index in [1.54, 1.807) is 7.05 Å². The third-order valence-electron chi connectivity index (χ3n) is 4.94. The maximum Gasteiger partial charge on any atom is 0.401 e. The van der Waals surface area contributed by atoms with Crippen molar-refractivity contribution < 1.29 is 14.2 Å². The molecule has 3 heterocycles. The molecule has 0 radical (unpaired) electrons. The molecule has 1 aromatic rings. The minimum absolute atomic E-state index is 0.0602. The molecule has 7 nitrogen and oxygen atoms in total. The third-order valence-corrected chi connectivity index (χ3v) is 4.94. The second-order valence-corrected chi connectivity index (χ2v) is 8.42. The lowest BCUT2D eigenvalue weighted by atomic mass is 9.92. The van der Waals surface area contributed by atoms with E-state index < -0.39 is 6.04 Å². The highest BCUT2D eigenvalue weighted by Gasteiger charge is 2.52. The van der Waals surface area contributed by atoms with Crippen molar-refractivity contribution in [1.29, 1.82) is 0 Å². The lowest BCUT2D eigenvalue weighted by Crippen LogP contribution is -2.61. The topological polar surface area (TPSA) is 61.8 Å². The van der Waals surface area contributed by atoms with Crippen molar-refractivity contribution in [2.75, 3.05) is 14.1 Å². The van der Waals surface area contributed by atoms with Crippen LogP contribution in [0.15, 0.2) is 11.2 Å². The third kappa shape index (κ3) is 2.65. The van der Waals surface area contributed by atoms with Crippen LogP contribution in [0.4, 0.5) is 10.7 Å². The SMILES string of the molecule is CC(C)CCn1c(C(C)(C)C)c[n+]2c1N=C1C2C(=O)N(C)C(=O)N1C. The van der Waals surface area contributed by atoms with E-state index in [9.17, 15) is 9.59 Å². The quantitative estimate of drug-likeness (QED) is 0.788. The Hall–Kier alpha value is -2.18. The van der Waals surface area contributed by atoms with Crippen molar-refractivity contribution in [3.8, 4) is 0 Å². The zero-order valence-corrected chi connectivity index (χ0v) is 16.2. The molecule has 0 aromatic carbocycles. The van der Waals surface area contributed by atoms with Crippen molar-refractivity contribution in [2.45, 2.75) is 59.0 Å². The van der Waals surface area contributed by atoms with Gasteiger partial charge in [0.1, 0.15) is 11.9 Å². The Balaban J connectivity index is 2.14. The summed E-state index contributed by atoms with van der Waals surface area (Å²) in [5.74, 6) is 1.62. The molecule has 0 spiro atoms. The van der Waals surface area contributed by atoms with Gasteiger partial charge in [0.15, 0.2) is 0 Å². The average molecular weight is 346 g/mol. The Bertz CT molecular complexity index is 769. The first kappa shape index (κ1) is 17.6. The molecule has 1 saturated heterocycles. The predicted molar refractivity (Wildman–Crippen MR) is 94.8 cm³/mol. The van der Waals surface area contributed by atoms with E-state index in [1.165, 1.54) is 16.8 Å². The number of carbonyl (C=O) groups excluding carboxylic acids is 2. The van der Waals surface area contributed by atoms with Gasteiger partial charge < -0.3 is 0 Å². The van der Waals surface area contributed by atoms with Crippen LogP contribution in [0, 0.1) is 5.92 Å². The molecule has 3 rings (SSSR count). The van der Waals surface area contributed by atoms with E-state index in [2.05, 4.69) is 39.2 Å². The van der Waals surface area contributed by atoms with E-state index in [0.717, 1.165) is 24.6 Å². The molecule has 2 aliphatic rings. The number of amides is 3. The molecule has 0 aliphatic carbocycles. The highest BCUT2D eigenvalue weighted by atomic mass is 16.2. The van der Waals surface area contributed by atoms with Gasteiger partial charge in [-0.25, -0.2) is 13.9 Å². The molecule has 0 N–H and O–H groups in total. The van der Waals surface area contributed by atoms with Crippen LogP contribution in [0.1, 0.15) is 52.8 Å². The largest absolute Gasteiger partial charge is 0.401 e. The standard InChI is InChI=1S/C18H28N5O2/c1-11(2)8-9-22-12(18(3,4)5)10-23-13-14(19-16(22)23)20(6)17(25)21(7)15(13)24/h10-11,13H,8-9H2,1-7H3/q+1. The van der Waals surface area contributed by atoms with Crippen molar-refractivity contribution in [2.24, 2.45) is 10.9 Å². The molecular formula is C18H28N5O2+. The number of urea groups is 1. The predicted octanol–water partition coefficient (Wildman–Crippen LogP) is 2.23. The molecule has 3 amide bonds. The molecule has 0 saturated carbocycles. The molecule has 1 atom stereocenters. The molecular weight excluding hydrogens is 318 g/mol. The highest BCUT2D eigenvalue weighted by Crippen LogP contribution is 2.33. The fourth-order valence-electron chi connectivity index (χ4n) is 3.40. The normalized spacial score (nSPS) is 20.3. The summed E-state index contributed by atoms with van der Waals surface area (Å²) < 4.78 is 4.13. The van der Waals surface area contributed by atoms with Crippen LogP contribution in [-0.2, 0) is 16.8 Å². The fourth-order valence-corrected chi connectivity index (χ4v) is 3.40. The average Bonchev–Trinajstić information content (AvgIpc) is 3.04. The van der Waals surface area contributed by atoms with Crippen molar-refractivity contribution in [3.05, 3.63) is 11.9 Å². The zero-order valence-electron chi connectivity index (χ0n) is 16.2. The number of imide groups is 1. The van der Waals surface area contributed by atoms with Crippen LogP contribution in [0.2, 0.25) is 0 Å². The Morgan fingerprint density at radius 2 is 1.84 bits per heavy atom. The van der Waals surface area contributed by atoms with Gasteiger partial charge in [-0.3, -0.25) is 14.6 Å². The van der Waals surface area contributed by atoms with Crippen LogP contribution in [-0.4, -0.2) is 46.2 Å². The molecule has 1 fully saturated rings. The summed E-state index contributed by atoms with van der Waals surface area (Å²) in [5, 5.41) is 0. The Morgan fingerprint density at radius 1 is 1.20 bits per heavy atom. The first-order valence-corrected chi connectivity index (χ1v) is 8.83. The van der Waals surface area contributed by atoms with Crippen molar-refractivity contribution >= 4 is 23.7 Å². The maximum atomic E-state index is 12.7. The summed E-state index contributed by atoms with van der Waals surface area (Å²) in [5.41, 5.74) is 1.09. The number of carbonyl (C=O) groups is 2. The van der Waals surface area contributed by atoms with E-state index in [4.69, 9.17) is 4.99 Å². The first-order chi connectivity index (χ1) is 11.5. The number of amidine groups is 1. The second-order valence-electron chi connectivity index (χ2n) is 8.42. The molecule has 25 heavy (non-hydrogen) atoms. The Labute approximate surface area is 148 Å². The number of nitrogens with zero attached hydrogens (tertiary/aromatic N) is 5. The lowest BCUT2D eigenvalue weighted by Gasteiger charge is -2.30. The minimum atomic E-state index is -0.552. The number of imidazole rings is 1. The van der Waals surface area contributed by atoms with Gasteiger partial charge in [0.25, 0.3) is 5.91 Å². The number of rotatable bonds is 3. The Morgan fingerprint density at radius 3 is 2.40 bits per heavy atom. The monoisotopic (exact) mass is 346 g/mol.